The molecule has 0 aromatic carbocycles. The van der Waals surface area contributed by atoms with E-state index in [9.17, 15) is 0 Å². The summed E-state index contributed by atoms with van der Waals surface area (Å²) in [5.74, 6) is 0. The molecule has 0 bridgehead atoms. The molecule has 1 heterocycles. The second kappa shape index (κ2) is 3.95. The molecule has 1 aliphatic heterocycles. The van der Waals surface area contributed by atoms with Crippen LogP contribution in [0.1, 0.15) is 0 Å². The molecular weight excluding hydrogens is 289 g/mol. The van der Waals surface area contributed by atoms with E-state index in [0.717, 1.165) is 0 Å². The minimum absolute atomic E-state index is 0. The van der Waals surface area contributed by atoms with Crippen LogP contribution in [0.15, 0.2) is 67.9 Å². The smallest absolute Gasteiger partial charge is 0 e. The Hall–Kier alpha value is -0.474. The average Bonchev–Trinajstić information content (AvgIpc) is 2.79. The van der Waals surface area contributed by atoms with E-state index in [4.69, 9.17) is 0 Å². The predicted molar refractivity (Wildman–Crippen MR) is 64.6 cm³/mol. The summed E-state index contributed by atoms with van der Waals surface area (Å²) in [5.41, 5.74) is 2.90. The molecule has 3 rings (SSSR count). The van der Waals surface area contributed by atoms with Crippen LogP contribution in [-0.4, -0.2) is 31.9 Å². The van der Waals surface area contributed by atoms with Crippen LogP contribution in [0.5, 0.6) is 0 Å². The van der Waals surface area contributed by atoms with Crippen LogP contribution in [0.2, 0.25) is 0 Å². The molecule has 0 atom stereocenters. The SMILES string of the molecule is C1=CC2=CC=[C]([GeH]3[CH]=CC=[CH]3)C2=C1.[Ge]. The first-order valence-corrected chi connectivity index (χ1v) is 8.62. The number of hydrogen-bond acceptors (Lipinski definition) is 0. The van der Waals surface area contributed by atoms with E-state index in [0.29, 0.717) is 0 Å². The Bertz CT molecular complexity index is 419. The van der Waals surface area contributed by atoms with Gasteiger partial charge in [-0.3, -0.25) is 0 Å². The topological polar surface area (TPSA) is 0 Å². The van der Waals surface area contributed by atoms with Gasteiger partial charge in [-0.05, 0) is 0 Å². The molecule has 0 spiro atoms. The van der Waals surface area contributed by atoms with Crippen LogP contribution < -0.4 is 0 Å². The van der Waals surface area contributed by atoms with E-state index >= 15 is 0 Å². The maximum Gasteiger partial charge on any atom is 0 e. The summed E-state index contributed by atoms with van der Waals surface area (Å²) in [6, 6.07) is 0. The Labute approximate surface area is 99.5 Å². The van der Waals surface area contributed by atoms with E-state index in [1.807, 2.05) is 0 Å². The van der Waals surface area contributed by atoms with Crippen LogP contribution in [0.4, 0.5) is 0 Å². The molecule has 0 aromatic rings. The third-order valence-electron chi connectivity index (χ3n) is 2.71. The Morgan fingerprint density at radius 2 is 1.64 bits per heavy atom. The van der Waals surface area contributed by atoms with Crippen LogP contribution in [0.3, 0.4) is 0 Å². The number of fused-ring (bicyclic) bond motifs is 1. The summed E-state index contributed by atoms with van der Waals surface area (Å²) in [5, 5.41) is 0. The van der Waals surface area contributed by atoms with Crippen molar-refractivity contribution < 1.29 is 0 Å². The van der Waals surface area contributed by atoms with Gasteiger partial charge in [-0.25, -0.2) is 0 Å². The van der Waals surface area contributed by atoms with Crippen molar-refractivity contribution in [1.82, 2.24) is 0 Å². The summed E-state index contributed by atoms with van der Waals surface area (Å²) in [6.45, 7) is 0. The van der Waals surface area contributed by atoms with Crippen LogP contribution in [-0.2, 0) is 0 Å². The molecule has 0 saturated carbocycles. The van der Waals surface area contributed by atoms with E-state index < -0.39 is 14.3 Å². The number of allylic oxidation sites excluding steroid dienone is 10. The maximum absolute atomic E-state index is 2.43. The van der Waals surface area contributed by atoms with Crippen molar-refractivity contribution in [2.45, 2.75) is 0 Å². The van der Waals surface area contributed by atoms with Crippen molar-refractivity contribution in [2.75, 3.05) is 0 Å². The molecule has 4 radical (unpaired) electrons. The van der Waals surface area contributed by atoms with Gasteiger partial charge in [0.15, 0.2) is 0 Å². The van der Waals surface area contributed by atoms with Crippen molar-refractivity contribution in [1.29, 1.82) is 0 Å². The molecule has 2 aliphatic carbocycles. The summed E-state index contributed by atoms with van der Waals surface area (Å²) < 4.78 is 1.62. The van der Waals surface area contributed by atoms with Gasteiger partial charge >= 0.3 is 82.2 Å². The van der Waals surface area contributed by atoms with E-state index in [2.05, 4.69) is 52.3 Å². The summed E-state index contributed by atoms with van der Waals surface area (Å²) in [4.78, 5) is 4.85. The Balaban J connectivity index is 0.000000750. The van der Waals surface area contributed by atoms with Crippen molar-refractivity contribution in [3.63, 3.8) is 0 Å². The van der Waals surface area contributed by atoms with Crippen molar-refractivity contribution >= 4 is 31.9 Å². The summed E-state index contributed by atoms with van der Waals surface area (Å²) >= 11 is -1.35. The molecule has 3 aliphatic rings. The van der Waals surface area contributed by atoms with Crippen LogP contribution >= 0.6 is 0 Å². The van der Waals surface area contributed by atoms with Crippen LogP contribution in [0.25, 0.3) is 0 Å². The zero-order valence-corrected chi connectivity index (χ0v) is 12.3. The second-order valence-electron chi connectivity index (χ2n) is 3.48. The van der Waals surface area contributed by atoms with Gasteiger partial charge < -0.3 is 0 Å². The van der Waals surface area contributed by atoms with Gasteiger partial charge in [0, 0.05) is 17.6 Å². The minimum Gasteiger partial charge on any atom is 0 e. The van der Waals surface area contributed by atoms with Crippen molar-refractivity contribution in [3.05, 3.63) is 67.9 Å². The van der Waals surface area contributed by atoms with E-state index in [1.54, 1.807) is 4.41 Å². The molecule has 0 amide bonds. The van der Waals surface area contributed by atoms with Gasteiger partial charge in [0.2, 0.25) is 0 Å². The first-order chi connectivity index (χ1) is 6.45. The Morgan fingerprint density at radius 1 is 0.857 bits per heavy atom. The van der Waals surface area contributed by atoms with E-state index in [1.165, 1.54) is 11.1 Å². The fourth-order valence-corrected chi connectivity index (χ4v) is 6.70. The molecular formula is C12H10Ge2. The van der Waals surface area contributed by atoms with Gasteiger partial charge in [0.25, 0.3) is 0 Å². The van der Waals surface area contributed by atoms with Crippen molar-refractivity contribution in [3.8, 4) is 0 Å². The standard InChI is InChI=1S/C12H10Ge.Ge/c1-2-9-13(8-1)12-7-6-10-4-3-5-11(10)12;/h1-9,13H;. The van der Waals surface area contributed by atoms with Gasteiger partial charge in [-0.15, -0.1) is 0 Å². The fraction of sp³-hybridized carbons (Fsp3) is 0. The molecule has 2 heteroatoms. The molecule has 0 fully saturated rings. The molecule has 0 unspecified atom stereocenters. The third-order valence-corrected chi connectivity index (χ3v) is 7.95. The monoisotopic (exact) mass is 302 g/mol. The average molecular weight is 299 g/mol. The quantitative estimate of drug-likeness (QED) is 0.649. The molecule has 0 N–H and O–H groups in total. The molecule has 66 valence electrons. The molecule has 0 saturated heterocycles. The van der Waals surface area contributed by atoms with Crippen molar-refractivity contribution in [2.24, 2.45) is 0 Å². The summed E-state index contributed by atoms with van der Waals surface area (Å²) in [7, 11) is 0. The number of rotatable bonds is 1. The first-order valence-electron chi connectivity index (χ1n) is 4.61. The first kappa shape index (κ1) is 10.1. The zero-order valence-electron chi connectivity index (χ0n) is 7.77. The van der Waals surface area contributed by atoms with Crippen LogP contribution in [0, 0.1) is 0 Å². The Morgan fingerprint density at radius 3 is 2.43 bits per heavy atom. The van der Waals surface area contributed by atoms with Gasteiger partial charge in [-0.1, -0.05) is 0 Å². The molecule has 0 aromatic heterocycles. The molecule has 0 nitrogen and oxygen atoms in total. The number of hydrogen-bond donors (Lipinski definition) is 0. The summed E-state index contributed by atoms with van der Waals surface area (Å²) in [6.07, 6.45) is 15.6. The zero-order chi connectivity index (χ0) is 8.67. The predicted octanol–water partition coefficient (Wildman–Crippen LogP) is 1.94. The molecule has 14 heavy (non-hydrogen) atoms. The third kappa shape index (κ3) is 1.46. The van der Waals surface area contributed by atoms with Gasteiger partial charge in [0.05, 0.1) is 0 Å². The van der Waals surface area contributed by atoms with Gasteiger partial charge in [0.1, 0.15) is 0 Å². The minimum atomic E-state index is -1.35. The normalized spacial score (nSPS) is 21.9. The second-order valence-corrected chi connectivity index (χ2v) is 8.61. The fourth-order valence-electron chi connectivity index (χ4n) is 2.04. The van der Waals surface area contributed by atoms with Gasteiger partial charge in [-0.2, -0.15) is 0 Å². The van der Waals surface area contributed by atoms with E-state index in [-0.39, 0.29) is 17.6 Å². The maximum atomic E-state index is 2.43. The largest absolute Gasteiger partial charge is 0 e. The Kier molecular flexibility index (Phi) is 2.84.